The topological polar surface area (TPSA) is 104 Å². The Morgan fingerprint density at radius 2 is 1.62 bits per heavy atom. The molecule has 0 saturated carbocycles. The minimum Gasteiger partial charge on any atom is -0.399 e. The number of amides is 3. The third kappa shape index (κ3) is 6.04. The number of rotatable bonds is 5. The van der Waals surface area contributed by atoms with Crippen molar-refractivity contribution in [2.75, 3.05) is 33.8 Å². The molecule has 0 aliphatic carbocycles. The van der Waals surface area contributed by atoms with Crippen LogP contribution in [0.25, 0.3) is 11.1 Å². The van der Waals surface area contributed by atoms with Crippen LogP contribution >= 0.6 is 0 Å². The molecule has 9 heteroatoms. The molecule has 4 rings (SSSR count). The average Bonchev–Trinajstić information content (AvgIpc) is 3.35. The van der Waals surface area contributed by atoms with Crippen LogP contribution in [0.1, 0.15) is 36.5 Å². The van der Waals surface area contributed by atoms with Gasteiger partial charge in [0.05, 0.1) is 18.3 Å². The zero-order chi connectivity index (χ0) is 26.4. The molecule has 194 valence electrons. The Morgan fingerprint density at radius 3 is 2.22 bits per heavy atom. The van der Waals surface area contributed by atoms with Gasteiger partial charge in [0, 0.05) is 45.0 Å². The molecule has 2 aliphatic heterocycles. The number of amidine groups is 1. The van der Waals surface area contributed by atoms with Gasteiger partial charge in [-0.2, -0.15) is 0 Å². The quantitative estimate of drug-likeness (QED) is 0.385. The van der Waals surface area contributed by atoms with E-state index in [1.54, 1.807) is 23.8 Å². The highest BCUT2D eigenvalue weighted by molar-refractivity contribution is 6.10. The summed E-state index contributed by atoms with van der Waals surface area (Å²) in [7, 11) is 3.08. The molecule has 3 amide bonds. The summed E-state index contributed by atoms with van der Waals surface area (Å²) in [6.45, 7) is 2.94. The van der Waals surface area contributed by atoms with E-state index in [-0.39, 0.29) is 30.2 Å². The van der Waals surface area contributed by atoms with Gasteiger partial charge in [0.25, 0.3) is 5.91 Å². The van der Waals surface area contributed by atoms with Crippen LogP contribution in [0.15, 0.2) is 64.7 Å². The number of piperidine rings is 1. The van der Waals surface area contributed by atoms with E-state index in [1.807, 2.05) is 54.6 Å². The zero-order valence-electron chi connectivity index (χ0n) is 21.5. The Bertz CT molecular complexity index is 1180. The predicted octanol–water partition coefficient (Wildman–Crippen LogP) is 2.97. The normalized spacial score (nSPS) is 19.7. The highest BCUT2D eigenvalue weighted by Gasteiger charge is 2.38. The van der Waals surface area contributed by atoms with Crippen LogP contribution < -0.4 is 5.32 Å². The van der Waals surface area contributed by atoms with Crippen LogP contribution in [0.3, 0.4) is 0 Å². The number of carbonyl (C=O) groups excluding carboxylic acids is 3. The monoisotopic (exact) mass is 503 g/mol. The van der Waals surface area contributed by atoms with Crippen molar-refractivity contribution in [3.63, 3.8) is 0 Å². The van der Waals surface area contributed by atoms with Crippen LogP contribution in [0.2, 0.25) is 0 Å². The third-order valence-electron chi connectivity index (χ3n) is 7.00. The second-order valence-corrected chi connectivity index (χ2v) is 9.31. The lowest BCUT2D eigenvalue weighted by molar-refractivity contribution is -0.133. The molecule has 1 atom stereocenters. The molecule has 0 aromatic heterocycles. The summed E-state index contributed by atoms with van der Waals surface area (Å²) in [5.41, 5.74) is 3.34. The molecular formula is C28H33N5O4. The first-order valence-electron chi connectivity index (χ1n) is 12.5. The second-order valence-electron chi connectivity index (χ2n) is 9.31. The minimum atomic E-state index is -0.471. The van der Waals surface area contributed by atoms with Crippen molar-refractivity contribution in [2.45, 2.75) is 32.2 Å². The number of nitrogens with one attached hydrogen (secondary N) is 1. The maximum atomic E-state index is 13.6. The van der Waals surface area contributed by atoms with Gasteiger partial charge >= 0.3 is 0 Å². The Kier molecular flexibility index (Phi) is 8.32. The van der Waals surface area contributed by atoms with Crippen molar-refractivity contribution >= 4 is 29.3 Å². The van der Waals surface area contributed by atoms with E-state index in [2.05, 4.69) is 15.5 Å². The zero-order valence-corrected chi connectivity index (χ0v) is 21.5. The summed E-state index contributed by atoms with van der Waals surface area (Å²) >= 11 is 0. The third-order valence-corrected chi connectivity index (χ3v) is 7.00. The lowest BCUT2D eigenvalue weighted by Crippen LogP contribution is -2.50. The van der Waals surface area contributed by atoms with Crippen molar-refractivity contribution in [3.8, 4) is 11.1 Å². The lowest BCUT2D eigenvalue weighted by Gasteiger charge is -2.31. The number of nitrogens with zero attached hydrogens (tertiary/aromatic N) is 4. The van der Waals surface area contributed by atoms with Gasteiger partial charge in [0.15, 0.2) is 0 Å². The number of hydrogen-bond donors (Lipinski definition) is 1. The highest BCUT2D eigenvalue weighted by Crippen LogP contribution is 2.24. The molecule has 37 heavy (non-hydrogen) atoms. The highest BCUT2D eigenvalue weighted by atomic mass is 16.6. The Labute approximate surface area is 217 Å². The van der Waals surface area contributed by atoms with Gasteiger partial charge in [-0.05, 0) is 36.1 Å². The van der Waals surface area contributed by atoms with E-state index >= 15 is 0 Å². The Hall–Kier alpha value is -4.01. The van der Waals surface area contributed by atoms with E-state index in [9.17, 15) is 14.4 Å². The molecule has 2 saturated heterocycles. The number of aliphatic imine (C=N–C) groups is 1. The molecule has 2 aliphatic rings. The van der Waals surface area contributed by atoms with Gasteiger partial charge < -0.3 is 20.0 Å². The van der Waals surface area contributed by atoms with Crippen molar-refractivity contribution < 1.29 is 19.2 Å². The summed E-state index contributed by atoms with van der Waals surface area (Å²) in [4.78, 5) is 51.0. The summed E-state index contributed by atoms with van der Waals surface area (Å²) in [6, 6.07) is 17.0. The molecular weight excluding hydrogens is 470 g/mol. The van der Waals surface area contributed by atoms with E-state index in [0.717, 1.165) is 11.1 Å². The van der Waals surface area contributed by atoms with Crippen LogP contribution in [0, 0.1) is 5.92 Å². The van der Waals surface area contributed by atoms with Crippen molar-refractivity contribution in [1.82, 2.24) is 15.1 Å². The first kappa shape index (κ1) is 26.1. The molecule has 2 aromatic carbocycles. The lowest BCUT2D eigenvalue weighted by atomic mass is 9.95. The fourth-order valence-corrected chi connectivity index (χ4v) is 4.93. The SMILES string of the molecule is C/N=C(\NC(=O)C1CCN(C(C)=O)CC1)[C@@H]1C/C(=N/OC)CN1C(=O)c1ccc(-c2ccccc2)cc1. The fourth-order valence-electron chi connectivity index (χ4n) is 4.93. The van der Waals surface area contributed by atoms with Gasteiger partial charge in [-0.3, -0.25) is 19.4 Å². The van der Waals surface area contributed by atoms with Crippen LogP contribution in [0.4, 0.5) is 0 Å². The number of carbonyl (C=O) groups is 3. The largest absolute Gasteiger partial charge is 0.399 e. The van der Waals surface area contributed by atoms with Crippen molar-refractivity contribution in [3.05, 3.63) is 60.2 Å². The molecule has 1 N–H and O–H groups in total. The van der Waals surface area contributed by atoms with Crippen LogP contribution in [-0.4, -0.2) is 78.9 Å². The molecule has 2 fully saturated rings. The van der Waals surface area contributed by atoms with Crippen molar-refractivity contribution in [2.24, 2.45) is 16.1 Å². The molecule has 0 radical (unpaired) electrons. The maximum absolute atomic E-state index is 13.6. The Balaban J connectivity index is 1.49. The molecule has 2 aromatic rings. The minimum absolute atomic E-state index is 0.0246. The first-order valence-corrected chi connectivity index (χ1v) is 12.5. The van der Waals surface area contributed by atoms with Gasteiger partial charge in [0.1, 0.15) is 12.9 Å². The number of likely N-dealkylation sites (tertiary alicyclic amines) is 2. The smallest absolute Gasteiger partial charge is 0.254 e. The number of benzene rings is 2. The second kappa shape index (κ2) is 11.8. The van der Waals surface area contributed by atoms with E-state index in [4.69, 9.17) is 4.84 Å². The number of oxime groups is 1. The van der Waals surface area contributed by atoms with Gasteiger partial charge in [-0.15, -0.1) is 0 Å². The van der Waals surface area contributed by atoms with E-state index in [1.165, 1.54) is 7.11 Å². The standard InChI is InChI=1S/C28H33N5O4/c1-19(34)32-15-13-22(14-16-32)27(35)30-26(29-2)25-17-24(31-37-3)18-33(25)28(36)23-11-9-21(10-12-23)20-7-5-4-6-8-20/h4-12,22,25H,13-18H2,1-3H3,(H,29,30,35)/b31-24-/t25-/m0/s1. The summed E-state index contributed by atoms with van der Waals surface area (Å²) < 4.78 is 0. The average molecular weight is 504 g/mol. The molecule has 0 unspecified atom stereocenters. The fraction of sp³-hybridized carbons (Fsp3) is 0.393. The molecule has 2 heterocycles. The van der Waals surface area contributed by atoms with Gasteiger partial charge in [-0.25, -0.2) is 0 Å². The van der Waals surface area contributed by atoms with E-state index < -0.39 is 6.04 Å². The summed E-state index contributed by atoms with van der Waals surface area (Å²) in [5, 5.41) is 7.05. The molecule has 0 spiro atoms. The molecule has 9 nitrogen and oxygen atoms in total. The number of hydrogen-bond acceptors (Lipinski definition) is 6. The van der Waals surface area contributed by atoms with Crippen LogP contribution in [-0.2, 0) is 14.4 Å². The predicted molar refractivity (Wildman–Crippen MR) is 142 cm³/mol. The van der Waals surface area contributed by atoms with Gasteiger partial charge in [0.2, 0.25) is 11.8 Å². The Morgan fingerprint density at radius 1 is 0.973 bits per heavy atom. The summed E-state index contributed by atoms with van der Waals surface area (Å²) in [5.74, 6) is -0.0710. The first-order chi connectivity index (χ1) is 17.9. The van der Waals surface area contributed by atoms with E-state index in [0.29, 0.717) is 49.5 Å². The summed E-state index contributed by atoms with van der Waals surface area (Å²) in [6.07, 6.45) is 1.61. The van der Waals surface area contributed by atoms with Crippen LogP contribution in [0.5, 0.6) is 0 Å². The van der Waals surface area contributed by atoms with Crippen molar-refractivity contribution in [1.29, 1.82) is 0 Å². The molecule has 0 bridgehead atoms. The van der Waals surface area contributed by atoms with Gasteiger partial charge in [-0.1, -0.05) is 47.6 Å². The maximum Gasteiger partial charge on any atom is 0.254 e.